The van der Waals surface area contributed by atoms with Crippen LogP contribution < -0.4 is 5.32 Å². The largest absolute Gasteiger partial charge is 0.339 e. The van der Waals surface area contributed by atoms with Crippen molar-refractivity contribution in [2.45, 2.75) is 26.3 Å². The maximum absolute atomic E-state index is 5.20. The average Bonchev–Trinajstić information content (AvgIpc) is 2.86. The lowest BCUT2D eigenvalue weighted by Crippen LogP contribution is -2.24. The zero-order valence-corrected chi connectivity index (χ0v) is 12.1. The van der Waals surface area contributed by atoms with E-state index in [0.29, 0.717) is 17.8 Å². The van der Waals surface area contributed by atoms with Crippen LogP contribution in [0, 0.1) is 0 Å². The Morgan fingerprint density at radius 2 is 2.29 bits per heavy atom. The lowest BCUT2D eigenvalue weighted by Gasteiger charge is -2.04. The number of nitrogens with one attached hydrogen (secondary N) is 1. The molecule has 0 aromatic carbocycles. The number of hydrogen-bond donors (Lipinski definition) is 1. The molecule has 2 rings (SSSR count). The predicted octanol–water partition coefficient (Wildman–Crippen LogP) is 3.10. The fourth-order valence-electron chi connectivity index (χ4n) is 1.36. The third-order valence-electron chi connectivity index (χ3n) is 2.15. The van der Waals surface area contributed by atoms with E-state index in [9.17, 15) is 0 Å². The normalized spacial score (nSPS) is 11.3. The molecule has 0 bridgehead atoms. The lowest BCUT2D eigenvalue weighted by atomic mass is 10.3. The van der Waals surface area contributed by atoms with Gasteiger partial charge in [0.25, 0.3) is 0 Å². The molecule has 0 aliphatic heterocycles. The summed E-state index contributed by atoms with van der Waals surface area (Å²) in [4.78, 5) is 5.38. The lowest BCUT2D eigenvalue weighted by molar-refractivity contribution is 0.374. The number of thiophene rings is 1. The van der Waals surface area contributed by atoms with Gasteiger partial charge in [0.2, 0.25) is 11.7 Å². The number of halogens is 1. The van der Waals surface area contributed by atoms with Crippen LogP contribution in [0.15, 0.2) is 20.4 Å². The Hall–Kier alpha value is -0.720. The van der Waals surface area contributed by atoms with Gasteiger partial charge in [0, 0.05) is 19.0 Å². The van der Waals surface area contributed by atoms with Crippen molar-refractivity contribution in [2.75, 3.05) is 6.54 Å². The van der Waals surface area contributed by atoms with Crippen molar-refractivity contribution in [1.82, 2.24) is 15.5 Å². The monoisotopic (exact) mass is 315 g/mol. The fourth-order valence-corrected chi connectivity index (χ4v) is 2.67. The topological polar surface area (TPSA) is 51.0 Å². The molecule has 92 valence electrons. The molecule has 2 aromatic heterocycles. The quantitative estimate of drug-likeness (QED) is 0.921. The van der Waals surface area contributed by atoms with Crippen molar-refractivity contribution >= 4 is 27.3 Å². The second kappa shape index (κ2) is 5.75. The second-order valence-electron chi connectivity index (χ2n) is 3.97. The first-order valence-electron chi connectivity index (χ1n) is 5.47. The Morgan fingerprint density at radius 3 is 2.94 bits per heavy atom. The summed E-state index contributed by atoms with van der Waals surface area (Å²) in [6.45, 7) is 5.08. The first-order chi connectivity index (χ1) is 8.15. The molecule has 0 atom stereocenters. The average molecular weight is 316 g/mol. The zero-order valence-electron chi connectivity index (χ0n) is 9.74. The van der Waals surface area contributed by atoms with Gasteiger partial charge in [0.05, 0.1) is 8.66 Å². The van der Waals surface area contributed by atoms with Crippen molar-refractivity contribution in [3.63, 3.8) is 0 Å². The van der Waals surface area contributed by atoms with E-state index in [-0.39, 0.29) is 0 Å². The van der Waals surface area contributed by atoms with Crippen LogP contribution in [0.4, 0.5) is 0 Å². The highest BCUT2D eigenvalue weighted by Crippen LogP contribution is 2.29. The number of rotatable bonds is 5. The molecular formula is C11H14BrN3OS. The highest BCUT2D eigenvalue weighted by atomic mass is 79.9. The van der Waals surface area contributed by atoms with Crippen molar-refractivity contribution in [2.24, 2.45) is 0 Å². The minimum atomic E-state index is 0.477. The van der Waals surface area contributed by atoms with Crippen molar-refractivity contribution in [3.8, 4) is 10.7 Å². The molecular weight excluding hydrogens is 302 g/mol. The van der Waals surface area contributed by atoms with Crippen LogP contribution in [-0.4, -0.2) is 22.7 Å². The Labute approximate surface area is 113 Å². The van der Waals surface area contributed by atoms with Gasteiger partial charge in [-0.1, -0.05) is 19.0 Å². The highest BCUT2D eigenvalue weighted by Gasteiger charge is 2.10. The van der Waals surface area contributed by atoms with E-state index in [2.05, 4.69) is 45.2 Å². The van der Waals surface area contributed by atoms with Gasteiger partial charge in [-0.3, -0.25) is 0 Å². The molecule has 1 N–H and O–H groups in total. The summed E-state index contributed by atoms with van der Waals surface area (Å²) in [6.07, 6.45) is 0.762. The minimum absolute atomic E-state index is 0.477. The van der Waals surface area contributed by atoms with Gasteiger partial charge in [-0.25, -0.2) is 0 Å². The van der Waals surface area contributed by atoms with Gasteiger partial charge in [-0.2, -0.15) is 4.98 Å². The summed E-state index contributed by atoms with van der Waals surface area (Å²) >= 11 is 5.02. The summed E-state index contributed by atoms with van der Waals surface area (Å²) in [5.41, 5.74) is 0. The standard InChI is InChI=1S/C11H14BrN3OS/c1-7(2)13-6-5-10-14-11(15-16-10)8-3-4-9(12)17-8/h3-4,7,13H,5-6H2,1-2H3. The van der Waals surface area contributed by atoms with Crippen LogP contribution in [0.2, 0.25) is 0 Å². The van der Waals surface area contributed by atoms with E-state index in [4.69, 9.17) is 4.52 Å². The van der Waals surface area contributed by atoms with E-state index in [1.807, 2.05) is 12.1 Å². The van der Waals surface area contributed by atoms with E-state index < -0.39 is 0 Å². The fraction of sp³-hybridized carbons (Fsp3) is 0.455. The van der Waals surface area contributed by atoms with Crippen LogP contribution in [-0.2, 0) is 6.42 Å². The highest BCUT2D eigenvalue weighted by molar-refractivity contribution is 9.11. The first-order valence-corrected chi connectivity index (χ1v) is 7.08. The number of aromatic nitrogens is 2. The Balaban J connectivity index is 1.96. The van der Waals surface area contributed by atoms with Gasteiger partial charge in [-0.05, 0) is 28.1 Å². The van der Waals surface area contributed by atoms with E-state index in [1.165, 1.54) is 0 Å². The summed E-state index contributed by atoms with van der Waals surface area (Å²) in [7, 11) is 0. The molecule has 4 nitrogen and oxygen atoms in total. The molecule has 0 aliphatic rings. The van der Waals surface area contributed by atoms with E-state index in [0.717, 1.165) is 21.6 Å². The van der Waals surface area contributed by atoms with Crippen molar-refractivity contribution in [1.29, 1.82) is 0 Å². The summed E-state index contributed by atoms with van der Waals surface area (Å²) in [6, 6.07) is 4.44. The number of nitrogens with zero attached hydrogens (tertiary/aromatic N) is 2. The Morgan fingerprint density at radius 1 is 1.47 bits per heavy atom. The number of hydrogen-bond acceptors (Lipinski definition) is 5. The second-order valence-corrected chi connectivity index (χ2v) is 6.44. The molecule has 6 heteroatoms. The molecule has 17 heavy (non-hydrogen) atoms. The zero-order chi connectivity index (χ0) is 12.3. The van der Waals surface area contributed by atoms with Crippen molar-refractivity contribution < 1.29 is 4.52 Å². The molecule has 2 aromatic rings. The van der Waals surface area contributed by atoms with Crippen LogP contribution in [0.25, 0.3) is 10.7 Å². The molecule has 0 radical (unpaired) electrons. The van der Waals surface area contributed by atoms with Crippen LogP contribution >= 0.6 is 27.3 Å². The van der Waals surface area contributed by atoms with Crippen molar-refractivity contribution in [3.05, 3.63) is 21.8 Å². The molecule has 0 amide bonds. The van der Waals surface area contributed by atoms with E-state index >= 15 is 0 Å². The van der Waals surface area contributed by atoms with Gasteiger partial charge in [0.1, 0.15) is 0 Å². The molecule has 0 unspecified atom stereocenters. The first kappa shape index (κ1) is 12.7. The smallest absolute Gasteiger partial charge is 0.228 e. The minimum Gasteiger partial charge on any atom is -0.339 e. The molecule has 0 fully saturated rings. The van der Waals surface area contributed by atoms with Crippen LogP contribution in [0.5, 0.6) is 0 Å². The molecule has 0 aliphatic carbocycles. The summed E-state index contributed by atoms with van der Waals surface area (Å²) in [5.74, 6) is 1.35. The van der Waals surface area contributed by atoms with Crippen LogP contribution in [0.3, 0.4) is 0 Å². The van der Waals surface area contributed by atoms with Gasteiger partial charge < -0.3 is 9.84 Å². The van der Waals surface area contributed by atoms with E-state index in [1.54, 1.807) is 11.3 Å². The van der Waals surface area contributed by atoms with Gasteiger partial charge >= 0.3 is 0 Å². The maximum atomic E-state index is 5.20. The third-order valence-corrected chi connectivity index (χ3v) is 3.77. The maximum Gasteiger partial charge on any atom is 0.228 e. The van der Waals surface area contributed by atoms with Crippen LogP contribution in [0.1, 0.15) is 19.7 Å². The molecule has 2 heterocycles. The molecule has 0 spiro atoms. The summed E-state index contributed by atoms with van der Waals surface area (Å²) < 4.78 is 6.27. The third kappa shape index (κ3) is 3.62. The van der Waals surface area contributed by atoms with Gasteiger partial charge in [-0.15, -0.1) is 11.3 Å². The van der Waals surface area contributed by atoms with Gasteiger partial charge in [0.15, 0.2) is 0 Å². The Kier molecular flexibility index (Phi) is 4.31. The SMILES string of the molecule is CC(C)NCCc1nc(-c2ccc(Br)s2)no1. The summed E-state index contributed by atoms with van der Waals surface area (Å²) in [5, 5.41) is 7.29. The predicted molar refractivity (Wildman–Crippen MR) is 72.2 cm³/mol. The molecule has 0 saturated carbocycles. The molecule has 0 saturated heterocycles. The Bertz CT molecular complexity index is 481.